The van der Waals surface area contributed by atoms with Gasteiger partial charge in [-0.05, 0) is 93.9 Å². The third kappa shape index (κ3) is 23.5. The molecule has 2 atom stereocenters. The normalized spacial score (nSPS) is 14.9. The smallest absolute Gasteiger partial charge is 0.336 e. The maximum absolute atomic E-state index is 11.6. The number of aliphatic carboxylic acids is 1. The molecule has 0 bridgehead atoms. The van der Waals surface area contributed by atoms with Crippen LogP contribution in [-0.4, -0.2) is 52.3 Å². The van der Waals surface area contributed by atoms with Crippen LogP contribution in [0.1, 0.15) is 117 Å². The van der Waals surface area contributed by atoms with Crippen molar-refractivity contribution in [3.8, 4) is 0 Å². The molecule has 0 aromatic carbocycles. The first-order chi connectivity index (χ1) is 16.3. The SMILES string of the molecule is CC(CC(C)(C)C)C(OOC(C)(C)C)C(=O)O.CCOC(=O)CC(C)(OOC(C)(C)C)OOC(C)(C)C. The molecular formula is C27H54O10. The highest BCUT2D eigenvalue weighted by Crippen LogP contribution is 2.28. The molecule has 37 heavy (non-hydrogen) atoms. The van der Waals surface area contributed by atoms with Gasteiger partial charge in [-0.15, -0.1) is 0 Å². The van der Waals surface area contributed by atoms with Crippen LogP contribution >= 0.6 is 0 Å². The molecule has 0 rings (SSSR count). The van der Waals surface area contributed by atoms with Crippen LogP contribution < -0.4 is 0 Å². The highest BCUT2D eigenvalue weighted by atomic mass is 17.3. The Balaban J connectivity index is 0. The number of hydrogen-bond acceptors (Lipinski definition) is 9. The fraction of sp³-hybridized carbons (Fsp3) is 0.926. The second-order valence-electron chi connectivity index (χ2n) is 13.5. The maximum atomic E-state index is 11.6. The molecule has 10 heteroatoms. The minimum absolute atomic E-state index is 0.0677. The van der Waals surface area contributed by atoms with E-state index in [0.29, 0.717) is 0 Å². The van der Waals surface area contributed by atoms with E-state index in [1.54, 1.807) is 13.8 Å². The van der Waals surface area contributed by atoms with Crippen molar-refractivity contribution in [1.82, 2.24) is 0 Å². The topological polar surface area (TPSA) is 119 Å². The summed E-state index contributed by atoms with van der Waals surface area (Å²) in [6, 6.07) is 0. The lowest BCUT2D eigenvalue weighted by Crippen LogP contribution is -2.40. The number of esters is 1. The summed E-state index contributed by atoms with van der Waals surface area (Å²) in [5.41, 5.74) is -1.52. The van der Waals surface area contributed by atoms with Crippen LogP contribution in [0.4, 0.5) is 0 Å². The molecule has 0 aromatic heterocycles. The molecule has 222 valence electrons. The van der Waals surface area contributed by atoms with Gasteiger partial charge >= 0.3 is 11.9 Å². The standard InChI is InChI=1S/C14H28O6.C13H26O4/c1-9-16-11(15)10-14(8,19-17-12(2,3)4)20-18-13(5,6)7;1-9(8-12(2,3)4)10(11(14)15)16-17-13(5,6)7/h9-10H2,1-8H3;9-10H,8H2,1-7H3,(H,14,15). The van der Waals surface area contributed by atoms with Crippen LogP contribution in [0.2, 0.25) is 0 Å². The van der Waals surface area contributed by atoms with E-state index in [0.717, 1.165) is 6.42 Å². The van der Waals surface area contributed by atoms with Crippen LogP contribution in [0.5, 0.6) is 0 Å². The average Bonchev–Trinajstić information content (AvgIpc) is 2.62. The Hall–Kier alpha value is -1.30. The Morgan fingerprint density at radius 1 is 0.703 bits per heavy atom. The average molecular weight is 539 g/mol. The lowest BCUT2D eigenvalue weighted by Gasteiger charge is -2.32. The first-order valence-electron chi connectivity index (χ1n) is 12.8. The van der Waals surface area contributed by atoms with Crippen molar-refractivity contribution >= 4 is 11.9 Å². The lowest BCUT2D eigenvalue weighted by atomic mass is 9.83. The Kier molecular flexibility index (Phi) is 15.7. The van der Waals surface area contributed by atoms with E-state index in [1.807, 2.05) is 69.2 Å². The lowest BCUT2D eigenvalue weighted by molar-refractivity contribution is -0.535. The highest BCUT2D eigenvalue weighted by Gasteiger charge is 2.37. The van der Waals surface area contributed by atoms with Crippen molar-refractivity contribution in [2.45, 2.75) is 145 Å². The molecular weight excluding hydrogens is 484 g/mol. The van der Waals surface area contributed by atoms with Gasteiger partial charge in [0.15, 0.2) is 6.10 Å². The Bertz CT molecular complexity index is 645. The van der Waals surface area contributed by atoms with Gasteiger partial charge < -0.3 is 9.84 Å². The van der Waals surface area contributed by atoms with Crippen LogP contribution in [0, 0.1) is 11.3 Å². The summed E-state index contributed by atoms with van der Waals surface area (Å²) in [6.07, 6.45) is -0.307. The van der Waals surface area contributed by atoms with Crippen molar-refractivity contribution in [1.29, 1.82) is 0 Å². The zero-order valence-electron chi connectivity index (χ0n) is 25.9. The first-order valence-corrected chi connectivity index (χ1v) is 12.8. The zero-order chi connectivity index (χ0) is 29.9. The van der Waals surface area contributed by atoms with Crippen molar-refractivity contribution in [3.63, 3.8) is 0 Å². The molecule has 0 saturated heterocycles. The summed E-state index contributed by atoms with van der Waals surface area (Å²) in [5, 5.41) is 9.13. The summed E-state index contributed by atoms with van der Waals surface area (Å²) in [4.78, 5) is 53.9. The molecule has 0 aromatic rings. The number of hydrogen-bond donors (Lipinski definition) is 1. The van der Waals surface area contributed by atoms with Gasteiger partial charge in [-0.2, -0.15) is 9.78 Å². The molecule has 0 saturated carbocycles. The van der Waals surface area contributed by atoms with E-state index in [4.69, 9.17) is 39.2 Å². The van der Waals surface area contributed by atoms with Crippen molar-refractivity contribution in [2.75, 3.05) is 6.61 Å². The third-order valence-corrected chi connectivity index (χ3v) is 3.80. The van der Waals surface area contributed by atoms with Crippen molar-refractivity contribution < 1.29 is 48.8 Å². The van der Waals surface area contributed by atoms with Gasteiger partial charge in [-0.25, -0.2) is 24.3 Å². The van der Waals surface area contributed by atoms with E-state index < -0.39 is 40.6 Å². The summed E-state index contributed by atoms with van der Waals surface area (Å²) < 4.78 is 4.89. The fourth-order valence-electron chi connectivity index (χ4n) is 2.62. The molecule has 0 fully saturated rings. The number of carbonyl (C=O) groups excluding carboxylic acids is 1. The molecule has 1 N–H and O–H groups in total. The Morgan fingerprint density at radius 2 is 1.11 bits per heavy atom. The molecule has 10 nitrogen and oxygen atoms in total. The van der Waals surface area contributed by atoms with E-state index in [2.05, 4.69) is 20.8 Å². The minimum Gasteiger partial charge on any atom is -0.479 e. The van der Waals surface area contributed by atoms with Crippen molar-refractivity contribution in [3.05, 3.63) is 0 Å². The Labute approximate surface area is 224 Å². The number of carboxylic acids is 1. The van der Waals surface area contributed by atoms with Crippen molar-refractivity contribution in [2.24, 2.45) is 11.3 Å². The van der Waals surface area contributed by atoms with Gasteiger partial charge in [0.2, 0.25) is 5.79 Å². The number of carbonyl (C=O) groups is 2. The van der Waals surface area contributed by atoms with Gasteiger partial charge in [0.05, 0.1) is 23.4 Å². The predicted octanol–water partition coefficient (Wildman–Crippen LogP) is 6.41. The molecule has 0 aliphatic rings. The quantitative estimate of drug-likeness (QED) is 0.129. The zero-order valence-corrected chi connectivity index (χ0v) is 25.9. The summed E-state index contributed by atoms with van der Waals surface area (Å²) >= 11 is 0. The molecule has 0 aliphatic carbocycles. The van der Waals surface area contributed by atoms with E-state index in [1.165, 1.54) is 0 Å². The molecule has 2 unspecified atom stereocenters. The summed E-state index contributed by atoms with van der Waals surface area (Å²) in [7, 11) is 0. The number of rotatable bonds is 12. The monoisotopic (exact) mass is 538 g/mol. The molecule has 0 amide bonds. The number of ether oxygens (including phenoxy) is 1. The summed E-state index contributed by atoms with van der Waals surface area (Å²) in [6.45, 7) is 28.1. The van der Waals surface area contributed by atoms with Gasteiger partial charge in [0.25, 0.3) is 0 Å². The van der Waals surface area contributed by atoms with Gasteiger partial charge in [0.1, 0.15) is 6.42 Å². The fourth-order valence-corrected chi connectivity index (χ4v) is 2.62. The molecule has 0 radical (unpaired) electrons. The maximum Gasteiger partial charge on any atom is 0.336 e. The Morgan fingerprint density at radius 3 is 1.41 bits per heavy atom. The van der Waals surface area contributed by atoms with E-state index >= 15 is 0 Å². The highest BCUT2D eigenvalue weighted by molar-refractivity contribution is 5.72. The predicted molar refractivity (Wildman–Crippen MR) is 140 cm³/mol. The van der Waals surface area contributed by atoms with Gasteiger partial charge in [0, 0.05) is 0 Å². The molecule has 0 aliphatic heterocycles. The second-order valence-corrected chi connectivity index (χ2v) is 13.5. The van der Waals surface area contributed by atoms with Gasteiger partial charge in [-0.1, -0.05) is 27.7 Å². The van der Waals surface area contributed by atoms with Crippen LogP contribution in [0.3, 0.4) is 0 Å². The number of carboxylic acid groups (broad SMARTS) is 1. The van der Waals surface area contributed by atoms with Crippen LogP contribution in [-0.2, 0) is 43.7 Å². The molecule has 0 heterocycles. The first kappa shape index (κ1) is 37.9. The van der Waals surface area contributed by atoms with Gasteiger partial charge in [-0.3, -0.25) is 4.79 Å². The summed E-state index contributed by atoms with van der Waals surface area (Å²) in [5.74, 6) is -2.92. The third-order valence-electron chi connectivity index (χ3n) is 3.80. The minimum atomic E-state index is -1.38. The van der Waals surface area contributed by atoms with E-state index in [-0.39, 0.29) is 24.4 Å². The van der Waals surface area contributed by atoms with E-state index in [9.17, 15) is 9.59 Å². The molecule has 0 spiro atoms. The second kappa shape index (κ2) is 15.3. The van der Waals surface area contributed by atoms with Crippen LogP contribution in [0.25, 0.3) is 0 Å². The van der Waals surface area contributed by atoms with Crippen LogP contribution in [0.15, 0.2) is 0 Å². The largest absolute Gasteiger partial charge is 0.479 e.